The first-order chi connectivity index (χ1) is 39.4. The van der Waals surface area contributed by atoms with E-state index >= 15 is 0 Å². The second-order valence-corrected chi connectivity index (χ2v) is 20.0. The third-order valence-electron chi connectivity index (χ3n) is 14.6. The van der Waals surface area contributed by atoms with Crippen LogP contribution in [0.25, 0.3) is 33.6 Å². The van der Waals surface area contributed by atoms with Crippen LogP contribution in [0.4, 0.5) is 23.0 Å². The largest absolute Gasteiger partial charge is 0.462 e. The Bertz CT molecular complexity index is 3670. The highest BCUT2D eigenvalue weighted by Crippen LogP contribution is 2.41. The van der Waals surface area contributed by atoms with Crippen molar-refractivity contribution in [2.75, 3.05) is 23.2 Å². The van der Waals surface area contributed by atoms with Gasteiger partial charge >= 0.3 is 11.9 Å². The van der Waals surface area contributed by atoms with Crippen LogP contribution < -0.4 is 10.0 Å². The van der Waals surface area contributed by atoms with E-state index in [0.29, 0.717) is 36.0 Å². The van der Waals surface area contributed by atoms with E-state index in [0.717, 1.165) is 129 Å². The number of para-hydroxylation sites is 4. The molecule has 0 fully saturated rings. The molecule has 0 spiro atoms. The Morgan fingerprint density at radius 1 is 0.388 bits per heavy atom. The number of esters is 2. The van der Waals surface area contributed by atoms with Crippen LogP contribution in [-0.2, 0) is 9.47 Å². The molecule has 0 radical (unpaired) electrons. The van der Waals surface area contributed by atoms with E-state index < -0.39 is 0 Å². The molecule has 12 nitrogen and oxygen atoms in total. The highest BCUT2D eigenvalue weighted by Gasteiger charge is 2.30. The van der Waals surface area contributed by atoms with Crippen LogP contribution in [0.15, 0.2) is 229 Å². The van der Waals surface area contributed by atoms with Gasteiger partial charge in [-0.15, -0.1) is 10.2 Å². The number of benzene rings is 8. The molecular formula is C68H58N8O4. The van der Waals surface area contributed by atoms with Crippen molar-refractivity contribution in [2.24, 2.45) is 10.2 Å². The highest BCUT2D eigenvalue weighted by atomic mass is 16.5. The van der Waals surface area contributed by atoms with Gasteiger partial charge in [0.25, 0.3) is 0 Å². The molecule has 2 aromatic heterocycles. The van der Waals surface area contributed by atoms with Gasteiger partial charge in [0, 0.05) is 45.8 Å². The van der Waals surface area contributed by atoms with Gasteiger partial charge in [-0.25, -0.2) is 29.0 Å². The van der Waals surface area contributed by atoms with Gasteiger partial charge in [0.05, 0.1) is 58.5 Å². The number of nitrogens with zero attached hydrogens (tertiary/aromatic N) is 8. The summed E-state index contributed by atoms with van der Waals surface area (Å²) in [5.41, 5.74) is 15.9. The van der Waals surface area contributed by atoms with Crippen LogP contribution in [0.3, 0.4) is 0 Å². The third-order valence-corrected chi connectivity index (χ3v) is 14.6. The molecule has 12 heteroatoms. The first-order valence-corrected chi connectivity index (χ1v) is 27.3. The van der Waals surface area contributed by atoms with Crippen LogP contribution in [0, 0.1) is 13.8 Å². The molecule has 2 aliphatic carbocycles. The maximum absolute atomic E-state index is 13.5. The second kappa shape index (κ2) is 23.0. The Morgan fingerprint density at radius 2 is 0.725 bits per heavy atom. The van der Waals surface area contributed by atoms with Crippen molar-refractivity contribution in [1.29, 1.82) is 0 Å². The Labute approximate surface area is 465 Å². The van der Waals surface area contributed by atoms with E-state index in [4.69, 9.17) is 29.9 Å². The fourth-order valence-corrected chi connectivity index (χ4v) is 10.6. The number of unbranched alkanes of at least 4 members (excludes halogenated alkanes) is 5. The quantitative estimate of drug-likeness (QED) is 0.0446. The number of carbonyl (C=O) groups is 2. The van der Waals surface area contributed by atoms with E-state index in [1.165, 1.54) is 0 Å². The molecule has 0 bridgehead atoms. The maximum Gasteiger partial charge on any atom is 0.338 e. The van der Waals surface area contributed by atoms with Crippen LogP contribution in [-0.4, -0.2) is 56.1 Å². The minimum absolute atomic E-state index is 0.335. The number of fused-ring (bicyclic) bond motifs is 6. The van der Waals surface area contributed by atoms with E-state index in [2.05, 4.69) is 24.3 Å². The van der Waals surface area contributed by atoms with E-state index in [1.54, 1.807) is 0 Å². The smallest absolute Gasteiger partial charge is 0.338 e. The summed E-state index contributed by atoms with van der Waals surface area (Å²) < 4.78 is 15.5. The number of hydrogen-bond donors (Lipinski definition) is 0. The molecule has 0 saturated heterocycles. The maximum atomic E-state index is 13.5. The Balaban J connectivity index is 0.636. The summed E-state index contributed by atoms with van der Waals surface area (Å²) in [5, 5.41) is 24.4. The van der Waals surface area contributed by atoms with E-state index in [9.17, 15) is 9.59 Å². The number of rotatable bonds is 19. The van der Waals surface area contributed by atoms with Gasteiger partial charge in [-0.05, 0) is 122 Å². The Kier molecular flexibility index (Phi) is 14.6. The second-order valence-electron chi connectivity index (χ2n) is 20.0. The number of anilines is 4. The van der Waals surface area contributed by atoms with Gasteiger partial charge in [0.15, 0.2) is 11.6 Å². The van der Waals surface area contributed by atoms with Crippen LogP contribution in [0.5, 0.6) is 0 Å². The summed E-state index contributed by atoms with van der Waals surface area (Å²) in [6, 6.07) is 72.1. The average molecular weight is 1050 g/mol. The highest BCUT2D eigenvalue weighted by molar-refractivity contribution is 6.26. The first kappa shape index (κ1) is 50.9. The zero-order valence-electron chi connectivity index (χ0n) is 44.7. The molecule has 394 valence electrons. The Hall–Kier alpha value is -9.94. The number of hydrazone groups is 2. The molecule has 0 atom stereocenters. The zero-order chi connectivity index (χ0) is 54.4. The van der Waals surface area contributed by atoms with Gasteiger partial charge in [-0.3, -0.25) is 0 Å². The number of aromatic nitrogens is 4. The first-order valence-electron chi connectivity index (χ1n) is 27.3. The predicted molar refractivity (Wildman–Crippen MR) is 317 cm³/mol. The molecule has 10 aromatic rings. The molecular weight excluding hydrogens is 993 g/mol. The molecule has 8 aromatic carbocycles. The molecule has 0 saturated carbocycles. The molecule has 80 heavy (non-hydrogen) atoms. The number of aryl methyl sites for hydroxylation is 2. The van der Waals surface area contributed by atoms with Crippen LogP contribution in [0.1, 0.15) is 92.9 Å². The van der Waals surface area contributed by atoms with Crippen molar-refractivity contribution < 1.29 is 19.1 Å². The number of carbonyl (C=O) groups excluding carboxylic acids is 2. The third kappa shape index (κ3) is 10.5. The molecule has 12 rings (SSSR count). The van der Waals surface area contributed by atoms with Gasteiger partial charge in [0.2, 0.25) is 0 Å². The lowest BCUT2D eigenvalue weighted by atomic mass is 10.0. The van der Waals surface area contributed by atoms with Crippen molar-refractivity contribution in [1.82, 2.24) is 19.6 Å². The molecule has 0 amide bonds. The summed E-state index contributed by atoms with van der Waals surface area (Å²) >= 11 is 0. The van der Waals surface area contributed by atoms with Crippen LogP contribution in [0.2, 0.25) is 0 Å². The zero-order valence-corrected chi connectivity index (χ0v) is 44.7. The van der Waals surface area contributed by atoms with Crippen molar-refractivity contribution in [3.8, 4) is 33.6 Å². The Morgan fingerprint density at radius 3 is 1.12 bits per heavy atom. The molecule has 2 heterocycles. The average Bonchev–Trinajstić information content (AvgIpc) is 4.31. The summed E-state index contributed by atoms with van der Waals surface area (Å²) in [4.78, 5) is 27.0. The number of hydrogen-bond acceptors (Lipinski definition) is 10. The van der Waals surface area contributed by atoms with Crippen molar-refractivity contribution in [3.63, 3.8) is 0 Å². The minimum Gasteiger partial charge on any atom is -0.462 e. The van der Waals surface area contributed by atoms with E-state index in [-0.39, 0.29) is 11.9 Å². The van der Waals surface area contributed by atoms with Crippen LogP contribution >= 0.6 is 0 Å². The normalized spacial score (nSPS) is 12.9. The number of ether oxygens (including phenoxy) is 2. The van der Waals surface area contributed by atoms with Gasteiger partial charge in [-0.2, -0.15) is 10.2 Å². The van der Waals surface area contributed by atoms with Crippen molar-refractivity contribution in [3.05, 3.63) is 263 Å². The molecule has 0 N–H and O–H groups in total. The molecule has 2 aliphatic rings. The lowest BCUT2D eigenvalue weighted by Crippen LogP contribution is -2.15. The van der Waals surface area contributed by atoms with Crippen molar-refractivity contribution >= 4 is 46.4 Å². The van der Waals surface area contributed by atoms with Crippen molar-refractivity contribution in [2.45, 2.75) is 52.4 Å². The summed E-state index contributed by atoms with van der Waals surface area (Å²) in [7, 11) is 0. The fourth-order valence-electron chi connectivity index (χ4n) is 10.6. The summed E-state index contributed by atoms with van der Waals surface area (Å²) in [6.45, 7) is 4.75. The van der Waals surface area contributed by atoms with E-state index in [1.807, 2.05) is 227 Å². The lowest BCUT2D eigenvalue weighted by molar-refractivity contribution is 0.0484. The fraction of sp³-hybridized carbons (Fsp3) is 0.147. The predicted octanol–water partition coefficient (Wildman–Crippen LogP) is 15.2. The topological polar surface area (TPSA) is 119 Å². The molecule has 0 aliphatic heterocycles. The lowest BCUT2D eigenvalue weighted by Gasteiger charge is -2.18. The summed E-state index contributed by atoms with van der Waals surface area (Å²) in [6.07, 6.45) is 5.34. The molecule has 0 unspecified atom stereocenters. The van der Waals surface area contributed by atoms with Gasteiger partial charge in [-0.1, -0.05) is 159 Å². The monoisotopic (exact) mass is 1050 g/mol. The summed E-state index contributed by atoms with van der Waals surface area (Å²) in [5.74, 6) is 0.676. The van der Waals surface area contributed by atoms with Gasteiger partial charge in [0.1, 0.15) is 0 Å². The SMILES string of the molecule is Cc1cc(N(N=C2c3ccccc3-c3cc(C(=O)OCCCCCCCCOC(=O)c4ccc5c(c4)-c4ccccc4C5=NN(c4ccccc4)c4cc(C)n(-c5ccccc5)n4)ccc32)c2ccccc2)nn1-c1ccccc1. The minimum atomic E-state index is -0.348. The standard InChI is InChI=1S/C68H58N8O4/c1-47-43-63(69-73(47)51-25-11-7-12-26-51)75(53-29-15-9-16-30-53)71-65-57-35-21-19-33-55(57)61-45-49(37-39-59(61)65)67(77)79-41-23-5-3-4-6-24-42-80-68(78)50-38-40-60-62(46-50)56-34-20-22-36-58(56)66(60)72-76(54-31-17-10-18-32-54)64-44-48(2)74(70-64)52-27-13-8-14-28-52/h7-22,25-40,43-46H,3-6,23-24,41-42H2,1-2H3. The van der Waals surface area contributed by atoms with Gasteiger partial charge < -0.3 is 9.47 Å².